The lowest BCUT2D eigenvalue weighted by Crippen LogP contribution is -2.01. The molecule has 14 aromatic rings. The van der Waals surface area contributed by atoms with Crippen LogP contribution in [0.25, 0.3) is 136 Å². The molecule has 0 aliphatic carbocycles. The molecular formula is C55H30N4O2S. The Morgan fingerprint density at radius 2 is 0.919 bits per heavy atom. The number of thiophene rings is 1. The van der Waals surface area contributed by atoms with E-state index in [1.165, 1.54) is 41.7 Å². The molecule has 0 fully saturated rings. The number of nitrogens with zero attached hydrogens (tertiary/aromatic N) is 4. The maximum absolute atomic E-state index is 6.82. The van der Waals surface area contributed by atoms with Gasteiger partial charge in [-0.05, 0) is 95.7 Å². The third-order valence-electron chi connectivity index (χ3n) is 12.4. The summed E-state index contributed by atoms with van der Waals surface area (Å²) >= 11 is 1.80. The van der Waals surface area contributed by atoms with Gasteiger partial charge in [0.1, 0.15) is 16.7 Å². The summed E-state index contributed by atoms with van der Waals surface area (Å²) in [6.07, 6.45) is 0. The zero-order valence-corrected chi connectivity index (χ0v) is 33.7. The summed E-state index contributed by atoms with van der Waals surface area (Å²) in [4.78, 5) is 16.0. The first-order valence-electron chi connectivity index (χ1n) is 20.7. The van der Waals surface area contributed by atoms with Crippen LogP contribution < -0.4 is 0 Å². The van der Waals surface area contributed by atoms with Crippen molar-refractivity contribution in [2.45, 2.75) is 0 Å². The predicted molar refractivity (Wildman–Crippen MR) is 255 cm³/mol. The van der Waals surface area contributed by atoms with Gasteiger partial charge in [0.2, 0.25) is 0 Å². The van der Waals surface area contributed by atoms with Crippen molar-refractivity contribution in [2.24, 2.45) is 0 Å². The number of fused-ring (bicyclic) bond motifs is 13. The van der Waals surface area contributed by atoms with Crippen LogP contribution >= 0.6 is 11.3 Å². The fourth-order valence-electron chi connectivity index (χ4n) is 9.51. The number of aromatic nitrogens is 4. The van der Waals surface area contributed by atoms with Gasteiger partial charge in [-0.1, -0.05) is 97.1 Å². The van der Waals surface area contributed by atoms with Crippen molar-refractivity contribution in [3.63, 3.8) is 0 Å². The molecule has 0 saturated carbocycles. The van der Waals surface area contributed by atoms with E-state index in [1.54, 1.807) is 11.3 Å². The summed E-state index contributed by atoms with van der Waals surface area (Å²) < 4.78 is 17.9. The van der Waals surface area contributed by atoms with Crippen LogP contribution in [-0.4, -0.2) is 19.5 Å². The van der Waals surface area contributed by atoms with Crippen LogP contribution in [0.3, 0.4) is 0 Å². The number of para-hydroxylation sites is 3. The first-order valence-corrected chi connectivity index (χ1v) is 21.5. The van der Waals surface area contributed by atoms with Crippen LogP contribution in [0.2, 0.25) is 0 Å². The molecule has 0 aliphatic rings. The quantitative estimate of drug-likeness (QED) is 0.177. The maximum Gasteiger partial charge on any atom is 0.164 e. The molecule has 0 saturated heterocycles. The molecule has 0 atom stereocenters. The lowest BCUT2D eigenvalue weighted by atomic mass is 10.1. The summed E-state index contributed by atoms with van der Waals surface area (Å²) in [6.45, 7) is 0. The highest BCUT2D eigenvalue weighted by atomic mass is 32.1. The highest BCUT2D eigenvalue weighted by Gasteiger charge is 2.22. The Morgan fingerprint density at radius 1 is 0.355 bits per heavy atom. The van der Waals surface area contributed by atoms with Crippen molar-refractivity contribution in [2.75, 3.05) is 0 Å². The fraction of sp³-hybridized carbons (Fsp3) is 0. The van der Waals surface area contributed by atoms with Crippen molar-refractivity contribution in [1.29, 1.82) is 0 Å². The van der Waals surface area contributed by atoms with Crippen molar-refractivity contribution >= 4 is 108 Å². The van der Waals surface area contributed by atoms with Crippen LogP contribution in [0.15, 0.2) is 191 Å². The van der Waals surface area contributed by atoms with Gasteiger partial charge in [-0.15, -0.1) is 11.3 Å². The van der Waals surface area contributed by atoms with Crippen molar-refractivity contribution in [1.82, 2.24) is 19.5 Å². The van der Waals surface area contributed by atoms with E-state index in [4.69, 9.17) is 23.8 Å². The second kappa shape index (κ2) is 12.7. The molecule has 0 amide bonds. The van der Waals surface area contributed by atoms with Crippen molar-refractivity contribution < 1.29 is 8.83 Å². The Balaban J connectivity index is 1.07. The molecule has 6 nitrogen and oxygen atoms in total. The highest BCUT2D eigenvalue weighted by molar-refractivity contribution is 7.25. The van der Waals surface area contributed by atoms with Crippen LogP contribution in [0, 0.1) is 0 Å². The largest absolute Gasteiger partial charge is 0.456 e. The zero-order chi connectivity index (χ0) is 40.5. The molecule has 0 spiro atoms. The molecule has 0 radical (unpaired) electrons. The molecule has 0 aliphatic heterocycles. The second-order valence-electron chi connectivity index (χ2n) is 16.0. The summed E-state index contributed by atoms with van der Waals surface area (Å²) in [6, 6.07) is 63.9. The Kier molecular flexibility index (Phi) is 6.89. The second-order valence-corrected chi connectivity index (χ2v) is 17.0. The maximum atomic E-state index is 6.82. The van der Waals surface area contributed by atoms with Crippen molar-refractivity contribution in [3.8, 4) is 39.9 Å². The van der Waals surface area contributed by atoms with Gasteiger partial charge in [-0.3, -0.25) is 0 Å². The average Bonchev–Trinajstić information content (AvgIpc) is 4.09. The van der Waals surface area contributed by atoms with Gasteiger partial charge in [0, 0.05) is 69.2 Å². The van der Waals surface area contributed by atoms with Gasteiger partial charge in [0.25, 0.3) is 0 Å². The Bertz CT molecular complexity index is 4060. The number of hydrogen-bond donors (Lipinski definition) is 0. The molecule has 5 heterocycles. The molecule has 62 heavy (non-hydrogen) atoms. The summed E-state index contributed by atoms with van der Waals surface area (Å²) in [7, 11) is 0. The highest BCUT2D eigenvalue weighted by Crippen LogP contribution is 2.42. The number of furan rings is 2. The van der Waals surface area contributed by atoms with Gasteiger partial charge >= 0.3 is 0 Å². The van der Waals surface area contributed by atoms with E-state index >= 15 is 0 Å². The lowest BCUT2D eigenvalue weighted by molar-refractivity contribution is 0.666. The van der Waals surface area contributed by atoms with Gasteiger partial charge in [-0.25, -0.2) is 15.0 Å². The Labute approximate surface area is 356 Å². The molecule has 0 unspecified atom stereocenters. The summed E-state index contributed by atoms with van der Waals surface area (Å²) in [5.41, 5.74) is 9.03. The molecule has 14 rings (SSSR count). The summed E-state index contributed by atoms with van der Waals surface area (Å²) in [5, 5.41) is 11.2. The molecule has 5 aromatic heterocycles. The van der Waals surface area contributed by atoms with Crippen molar-refractivity contribution in [3.05, 3.63) is 182 Å². The third kappa shape index (κ3) is 4.94. The van der Waals surface area contributed by atoms with E-state index in [2.05, 4.69) is 144 Å². The minimum Gasteiger partial charge on any atom is -0.456 e. The van der Waals surface area contributed by atoms with Crippen LogP contribution in [0.5, 0.6) is 0 Å². The Hall–Kier alpha value is -8.13. The average molecular weight is 811 g/mol. The molecule has 288 valence electrons. The van der Waals surface area contributed by atoms with Crippen LogP contribution in [0.4, 0.5) is 0 Å². The first kappa shape index (κ1) is 33.7. The SMILES string of the molecule is c1ccc2cc3c(cc2c1)c1ccccc1n3-c1cc(-c2nc(-c3ccc4oc5ccccc5c4c3)nc(-c3ccc4sc5ccccc5c4c3)n2)cc2c1oc1ccccc12. The van der Waals surface area contributed by atoms with Gasteiger partial charge < -0.3 is 13.4 Å². The van der Waals surface area contributed by atoms with E-state index in [9.17, 15) is 0 Å². The fourth-order valence-corrected chi connectivity index (χ4v) is 10.6. The van der Waals surface area contributed by atoms with Gasteiger partial charge in [0.15, 0.2) is 23.1 Å². The minimum atomic E-state index is 0.567. The number of hydrogen-bond acceptors (Lipinski definition) is 6. The molecule has 0 bridgehead atoms. The minimum absolute atomic E-state index is 0.567. The predicted octanol–water partition coefficient (Wildman–Crippen LogP) is 15.3. The van der Waals surface area contributed by atoms with E-state index in [0.29, 0.717) is 17.5 Å². The van der Waals surface area contributed by atoms with E-state index in [0.717, 1.165) is 77.3 Å². The van der Waals surface area contributed by atoms with E-state index in [1.807, 2.05) is 42.5 Å². The molecule has 9 aromatic carbocycles. The van der Waals surface area contributed by atoms with Gasteiger partial charge in [-0.2, -0.15) is 0 Å². The van der Waals surface area contributed by atoms with Gasteiger partial charge in [0.05, 0.1) is 16.7 Å². The van der Waals surface area contributed by atoms with Crippen LogP contribution in [0.1, 0.15) is 0 Å². The third-order valence-corrected chi connectivity index (χ3v) is 13.6. The van der Waals surface area contributed by atoms with E-state index in [-0.39, 0.29) is 0 Å². The smallest absolute Gasteiger partial charge is 0.164 e. The topological polar surface area (TPSA) is 69.9 Å². The normalized spacial score (nSPS) is 12.2. The summed E-state index contributed by atoms with van der Waals surface area (Å²) in [5.74, 6) is 1.74. The molecule has 0 N–H and O–H groups in total. The Morgan fingerprint density at radius 3 is 1.73 bits per heavy atom. The zero-order valence-electron chi connectivity index (χ0n) is 32.8. The standard InChI is InChI=1S/C55H30N4O2S/c1-2-12-32-29-45-40(25-31(32)11-1)36-13-3-7-17-44(36)59(45)46-30-35(28-43-38-15-5-9-19-48(38)61-52(43)46)55-57-53(33-21-23-49-41(26-33)37-14-4-8-18-47(37)60-49)56-54(58-55)34-22-24-51-42(27-34)39-16-6-10-20-50(39)62-51/h1-30H. The first-order chi connectivity index (χ1) is 30.7. The number of rotatable bonds is 4. The number of benzene rings is 9. The lowest BCUT2D eigenvalue weighted by Gasteiger charge is -2.13. The monoisotopic (exact) mass is 810 g/mol. The molecular weight excluding hydrogens is 781 g/mol. The van der Waals surface area contributed by atoms with Crippen LogP contribution in [-0.2, 0) is 0 Å². The van der Waals surface area contributed by atoms with E-state index < -0.39 is 0 Å². The molecule has 7 heteroatoms.